The van der Waals surface area contributed by atoms with Crippen LogP contribution in [0.15, 0.2) is 54.6 Å². The van der Waals surface area contributed by atoms with E-state index in [0.29, 0.717) is 12.3 Å². The van der Waals surface area contributed by atoms with Crippen LogP contribution in [0.5, 0.6) is 0 Å². The van der Waals surface area contributed by atoms with Gasteiger partial charge < -0.3 is 4.90 Å². The second kappa shape index (κ2) is 4.45. The zero-order valence-corrected chi connectivity index (χ0v) is 12.3. The highest BCUT2D eigenvalue weighted by atomic mass is 16.2. The number of hydrogen-bond donors (Lipinski definition) is 0. The molecule has 0 unspecified atom stereocenters. The maximum absolute atomic E-state index is 12.3. The zero-order valence-electron chi connectivity index (χ0n) is 12.3. The lowest BCUT2D eigenvalue weighted by atomic mass is 9.70. The summed E-state index contributed by atoms with van der Waals surface area (Å²) in [7, 11) is 0. The summed E-state index contributed by atoms with van der Waals surface area (Å²) in [6, 6.07) is 19.5. The van der Waals surface area contributed by atoms with Gasteiger partial charge in [0.2, 0.25) is 5.91 Å². The molecule has 106 valence electrons. The highest BCUT2D eigenvalue weighted by Crippen LogP contribution is 2.47. The quantitative estimate of drug-likeness (QED) is 0.779. The molecule has 4 rings (SSSR count). The van der Waals surface area contributed by atoms with Crippen LogP contribution in [0.2, 0.25) is 0 Å². The van der Waals surface area contributed by atoms with Crippen molar-refractivity contribution in [2.24, 2.45) is 0 Å². The molecule has 2 nitrogen and oxygen atoms in total. The molecule has 2 atom stereocenters. The van der Waals surface area contributed by atoms with Crippen molar-refractivity contribution in [2.75, 3.05) is 6.54 Å². The molecule has 1 saturated heterocycles. The van der Waals surface area contributed by atoms with Crippen LogP contribution in [0, 0.1) is 0 Å². The van der Waals surface area contributed by atoms with Crippen LogP contribution >= 0.6 is 0 Å². The average Bonchev–Trinajstić information content (AvgIpc) is 2.90. The fourth-order valence-electron chi connectivity index (χ4n) is 4.02. The Morgan fingerprint density at radius 2 is 1.76 bits per heavy atom. The molecular weight excluding hydrogens is 258 g/mol. The first-order valence-electron chi connectivity index (χ1n) is 7.64. The van der Waals surface area contributed by atoms with Gasteiger partial charge in [-0.25, -0.2) is 0 Å². The smallest absolute Gasteiger partial charge is 0.223 e. The van der Waals surface area contributed by atoms with E-state index in [1.807, 2.05) is 6.07 Å². The molecule has 2 aromatic carbocycles. The summed E-state index contributed by atoms with van der Waals surface area (Å²) in [6.07, 6.45) is 1.64. The molecule has 0 aliphatic carbocycles. The Balaban J connectivity index is 1.93. The van der Waals surface area contributed by atoms with Crippen LogP contribution in [0.3, 0.4) is 0 Å². The molecule has 21 heavy (non-hydrogen) atoms. The summed E-state index contributed by atoms with van der Waals surface area (Å²) in [5, 5.41) is 0. The SMILES string of the molecule is C[C@@]1(c2ccccc2)CN2C(=O)CC[C@H]2c2ccccc21. The van der Waals surface area contributed by atoms with Crippen LogP contribution < -0.4 is 0 Å². The number of hydrogen-bond acceptors (Lipinski definition) is 1. The van der Waals surface area contributed by atoms with Crippen molar-refractivity contribution < 1.29 is 4.79 Å². The van der Waals surface area contributed by atoms with Gasteiger partial charge in [-0.15, -0.1) is 0 Å². The second-order valence-electron chi connectivity index (χ2n) is 6.36. The number of nitrogens with zero attached hydrogens (tertiary/aromatic N) is 1. The first-order valence-corrected chi connectivity index (χ1v) is 7.64. The average molecular weight is 277 g/mol. The second-order valence-corrected chi connectivity index (χ2v) is 6.36. The van der Waals surface area contributed by atoms with Crippen molar-refractivity contribution in [3.63, 3.8) is 0 Å². The van der Waals surface area contributed by atoms with E-state index in [-0.39, 0.29) is 11.5 Å². The maximum atomic E-state index is 12.3. The van der Waals surface area contributed by atoms with Crippen molar-refractivity contribution in [3.05, 3.63) is 71.3 Å². The van der Waals surface area contributed by atoms with Gasteiger partial charge in [-0.1, -0.05) is 54.6 Å². The lowest BCUT2D eigenvalue weighted by Gasteiger charge is -2.44. The zero-order chi connectivity index (χ0) is 14.4. The Morgan fingerprint density at radius 1 is 1.05 bits per heavy atom. The molecule has 2 heteroatoms. The van der Waals surface area contributed by atoms with Gasteiger partial charge in [0, 0.05) is 18.4 Å². The Morgan fingerprint density at radius 3 is 2.57 bits per heavy atom. The predicted molar refractivity (Wildman–Crippen MR) is 83.0 cm³/mol. The number of carbonyl (C=O) groups is 1. The van der Waals surface area contributed by atoms with E-state index >= 15 is 0 Å². The lowest BCUT2D eigenvalue weighted by molar-refractivity contribution is -0.130. The molecule has 2 aromatic rings. The minimum absolute atomic E-state index is 0.117. The van der Waals surface area contributed by atoms with Crippen LogP contribution in [-0.4, -0.2) is 17.4 Å². The molecule has 1 fully saturated rings. The van der Waals surface area contributed by atoms with Crippen molar-refractivity contribution in [1.29, 1.82) is 0 Å². The molecule has 0 bridgehead atoms. The number of fused-ring (bicyclic) bond motifs is 3. The molecule has 2 aliphatic rings. The Kier molecular flexibility index (Phi) is 2.68. The monoisotopic (exact) mass is 277 g/mol. The van der Waals surface area contributed by atoms with Crippen LogP contribution in [0.4, 0.5) is 0 Å². The third-order valence-corrected chi connectivity index (χ3v) is 5.14. The number of rotatable bonds is 1. The molecule has 0 radical (unpaired) electrons. The standard InChI is InChI=1S/C19H19NO/c1-19(14-7-3-2-4-8-14)13-20-17(11-12-18(20)21)15-9-5-6-10-16(15)19/h2-10,17H,11-13H2,1H3/t17-,19-/m0/s1. The highest BCUT2D eigenvalue weighted by molar-refractivity contribution is 5.80. The topological polar surface area (TPSA) is 20.3 Å². The first-order chi connectivity index (χ1) is 10.2. The van der Waals surface area contributed by atoms with Gasteiger partial charge in [-0.2, -0.15) is 0 Å². The summed E-state index contributed by atoms with van der Waals surface area (Å²) in [5.74, 6) is 0.302. The number of amides is 1. The molecular formula is C19H19NO. The van der Waals surface area contributed by atoms with Crippen molar-refractivity contribution in [2.45, 2.75) is 31.2 Å². The minimum Gasteiger partial charge on any atom is -0.334 e. The minimum atomic E-state index is -0.117. The Labute approximate surface area is 125 Å². The normalized spacial score (nSPS) is 27.4. The van der Waals surface area contributed by atoms with Crippen LogP contribution in [0.25, 0.3) is 0 Å². The van der Waals surface area contributed by atoms with Crippen molar-refractivity contribution >= 4 is 5.91 Å². The molecule has 1 amide bonds. The fourth-order valence-corrected chi connectivity index (χ4v) is 4.02. The third kappa shape index (κ3) is 1.75. The summed E-state index contributed by atoms with van der Waals surface area (Å²) in [6.45, 7) is 3.06. The summed E-state index contributed by atoms with van der Waals surface area (Å²) in [4.78, 5) is 14.4. The molecule has 0 aromatic heterocycles. The molecule has 0 spiro atoms. The maximum Gasteiger partial charge on any atom is 0.223 e. The molecule has 0 saturated carbocycles. The third-order valence-electron chi connectivity index (χ3n) is 5.14. The summed E-state index contributed by atoms with van der Waals surface area (Å²) < 4.78 is 0. The van der Waals surface area contributed by atoms with Gasteiger partial charge in [0.1, 0.15) is 0 Å². The number of carbonyl (C=O) groups excluding carboxylic acids is 1. The Bertz CT molecular complexity index is 694. The summed E-state index contributed by atoms with van der Waals surface area (Å²) >= 11 is 0. The van der Waals surface area contributed by atoms with Gasteiger partial charge in [0.05, 0.1) is 6.04 Å². The first kappa shape index (κ1) is 12.6. The van der Waals surface area contributed by atoms with Crippen molar-refractivity contribution in [1.82, 2.24) is 4.90 Å². The van der Waals surface area contributed by atoms with E-state index < -0.39 is 0 Å². The van der Waals surface area contributed by atoms with E-state index in [1.54, 1.807) is 0 Å². The highest BCUT2D eigenvalue weighted by Gasteiger charge is 2.45. The van der Waals surface area contributed by atoms with Gasteiger partial charge in [0.25, 0.3) is 0 Å². The van der Waals surface area contributed by atoms with E-state index in [1.165, 1.54) is 16.7 Å². The molecule has 2 aliphatic heterocycles. The van der Waals surface area contributed by atoms with Gasteiger partial charge in [0.15, 0.2) is 0 Å². The van der Waals surface area contributed by atoms with E-state index in [4.69, 9.17) is 0 Å². The van der Waals surface area contributed by atoms with Crippen LogP contribution in [-0.2, 0) is 10.2 Å². The van der Waals surface area contributed by atoms with Gasteiger partial charge in [-0.05, 0) is 30.0 Å². The van der Waals surface area contributed by atoms with Crippen molar-refractivity contribution in [3.8, 4) is 0 Å². The van der Waals surface area contributed by atoms with E-state index in [2.05, 4.69) is 60.4 Å². The molecule has 0 N–H and O–H groups in total. The largest absolute Gasteiger partial charge is 0.334 e. The van der Waals surface area contributed by atoms with E-state index in [0.717, 1.165) is 13.0 Å². The van der Waals surface area contributed by atoms with E-state index in [9.17, 15) is 4.79 Å². The van der Waals surface area contributed by atoms with Gasteiger partial charge in [-0.3, -0.25) is 4.79 Å². The van der Waals surface area contributed by atoms with Crippen LogP contribution in [0.1, 0.15) is 42.5 Å². The number of benzene rings is 2. The molecule has 2 heterocycles. The van der Waals surface area contributed by atoms with Gasteiger partial charge >= 0.3 is 0 Å². The fraction of sp³-hybridized carbons (Fsp3) is 0.316. The lowest BCUT2D eigenvalue weighted by Crippen LogP contribution is -2.46. The predicted octanol–water partition coefficient (Wildman–Crippen LogP) is 3.67. The summed E-state index contributed by atoms with van der Waals surface area (Å²) in [5.41, 5.74) is 3.89. The Hall–Kier alpha value is -2.09.